The molecule has 2 aromatic carbocycles. The molecule has 6 nitrogen and oxygen atoms in total. The first-order chi connectivity index (χ1) is 14.9. The van der Waals surface area contributed by atoms with Crippen LogP contribution in [0.1, 0.15) is 36.2 Å². The third-order valence-corrected chi connectivity index (χ3v) is 4.58. The molecule has 0 amide bonds. The minimum atomic E-state index is -0.999. The lowest BCUT2D eigenvalue weighted by Crippen LogP contribution is -1.98. The fraction of sp³-hybridized carbons (Fsp3) is 0.200. The summed E-state index contributed by atoms with van der Waals surface area (Å²) in [6.07, 6.45) is 4.63. The molecule has 3 rings (SSSR count). The summed E-state index contributed by atoms with van der Waals surface area (Å²) in [5, 5.41) is 13.1. The highest BCUT2D eigenvalue weighted by Gasteiger charge is 2.19. The van der Waals surface area contributed by atoms with Crippen molar-refractivity contribution in [1.82, 2.24) is 5.16 Å². The third-order valence-electron chi connectivity index (χ3n) is 4.58. The first-order valence-corrected chi connectivity index (χ1v) is 9.79. The summed E-state index contributed by atoms with van der Waals surface area (Å²) >= 11 is 0. The fourth-order valence-electron chi connectivity index (χ4n) is 3.07. The van der Waals surface area contributed by atoms with E-state index in [-0.39, 0.29) is 6.61 Å². The molecule has 0 fully saturated rings. The Morgan fingerprint density at radius 1 is 1.16 bits per heavy atom. The highest BCUT2D eigenvalue weighted by atomic mass is 16.5. The van der Waals surface area contributed by atoms with E-state index in [1.807, 2.05) is 57.2 Å². The maximum atomic E-state index is 10.7. The normalized spacial score (nSPS) is 10.8. The van der Waals surface area contributed by atoms with Gasteiger partial charge in [0.25, 0.3) is 0 Å². The van der Waals surface area contributed by atoms with Crippen molar-refractivity contribution in [3.05, 3.63) is 76.5 Å². The number of benzene rings is 2. The molecule has 6 heteroatoms. The number of hydrogen-bond donors (Lipinski definition) is 1. The van der Waals surface area contributed by atoms with Gasteiger partial charge in [0.05, 0.1) is 7.11 Å². The first-order valence-electron chi connectivity index (χ1n) is 9.79. The molecule has 0 aliphatic carbocycles. The SMILES string of the molecule is COc1ccc(C)c(-c2onc(COc3cccc(/C=C\C(=O)O)c3)c2C=C(C)C)c1. The number of hydrogen-bond acceptors (Lipinski definition) is 5. The van der Waals surface area contributed by atoms with Crippen molar-refractivity contribution >= 4 is 18.1 Å². The second-order valence-electron chi connectivity index (χ2n) is 7.31. The summed E-state index contributed by atoms with van der Waals surface area (Å²) in [6, 6.07) is 13.0. The zero-order valence-corrected chi connectivity index (χ0v) is 18.0. The van der Waals surface area contributed by atoms with Gasteiger partial charge in [0, 0.05) is 17.2 Å². The molecule has 0 spiro atoms. The second-order valence-corrected chi connectivity index (χ2v) is 7.31. The Kier molecular flexibility index (Phi) is 6.92. The van der Waals surface area contributed by atoms with E-state index < -0.39 is 5.97 Å². The van der Waals surface area contributed by atoms with Crippen LogP contribution in [-0.4, -0.2) is 23.3 Å². The molecule has 3 aromatic rings. The van der Waals surface area contributed by atoms with E-state index >= 15 is 0 Å². The van der Waals surface area contributed by atoms with Gasteiger partial charge >= 0.3 is 5.97 Å². The minimum absolute atomic E-state index is 0.206. The van der Waals surface area contributed by atoms with Gasteiger partial charge in [-0.2, -0.15) is 0 Å². The van der Waals surface area contributed by atoms with Crippen molar-refractivity contribution in [3.63, 3.8) is 0 Å². The van der Waals surface area contributed by atoms with Crippen LogP contribution in [0, 0.1) is 6.92 Å². The lowest BCUT2D eigenvalue weighted by Gasteiger charge is -2.08. The molecule has 160 valence electrons. The fourth-order valence-corrected chi connectivity index (χ4v) is 3.07. The molecule has 1 heterocycles. The maximum absolute atomic E-state index is 10.7. The van der Waals surface area contributed by atoms with Gasteiger partial charge in [-0.1, -0.05) is 35.0 Å². The number of methoxy groups -OCH3 is 1. The number of carboxylic acid groups (broad SMARTS) is 1. The van der Waals surface area contributed by atoms with Gasteiger partial charge in [-0.05, 0) is 62.2 Å². The van der Waals surface area contributed by atoms with Crippen molar-refractivity contribution in [3.8, 4) is 22.8 Å². The van der Waals surface area contributed by atoms with Crippen LogP contribution in [0.3, 0.4) is 0 Å². The number of ether oxygens (including phenoxy) is 2. The summed E-state index contributed by atoms with van der Waals surface area (Å²) in [4.78, 5) is 10.7. The number of aliphatic carboxylic acids is 1. The molecule has 0 radical (unpaired) electrons. The number of nitrogens with zero attached hydrogens (tertiary/aromatic N) is 1. The molecule has 0 saturated carbocycles. The summed E-state index contributed by atoms with van der Waals surface area (Å²) in [5.74, 6) is 1.01. The number of aryl methyl sites for hydroxylation is 1. The topological polar surface area (TPSA) is 81.8 Å². The summed E-state index contributed by atoms with van der Waals surface area (Å²) in [7, 11) is 1.63. The molecule has 0 aliphatic heterocycles. The average molecular weight is 419 g/mol. The van der Waals surface area contributed by atoms with E-state index in [0.717, 1.165) is 39.7 Å². The minimum Gasteiger partial charge on any atom is -0.497 e. The Hall–Kier alpha value is -3.80. The van der Waals surface area contributed by atoms with Crippen LogP contribution in [0.15, 0.2) is 58.6 Å². The zero-order chi connectivity index (χ0) is 22.4. The molecule has 0 aliphatic rings. The van der Waals surface area contributed by atoms with Crippen LogP contribution in [0.5, 0.6) is 11.5 Å². The van der Waals surface area contributed by atoms with E-state index in [9.17, 15) is 4.79 Å². The van der Waals surface area contributed by atoms with E-state index in [0.29, 0.717) is 17.2 Å². The molecule has 1 N–H and O–H groups in total. The zero-order valence-electron chi connectivity index (χ0n) is 18.0. The molecular formula is C25H25NO5. The molecule has 0 bridgehead atoms. The van der Waals surface area contributed by atoms with Crippen molar-refractivity contribution in [2.75, 3.05) is 7.11 Å². The van der Waals surface area contributed by atoms with Crippen molar-refractivity contribution in [2.24, 2.45) is 0 Å². The van der Waals surface area contributed by atoms with Gasteiger partial charge in [0.15, 0.2) is 5.76 Å². The van der Waals surface area contributed by atoms with Crippen LogP contribution < -0.4 is 9.47 Å². The van der Waals surface area contributed by atoms with Crippen molar-refractivity contribution in [1.29, 1.82) is 0 Å². The Labute approximate surface area is 181 Å². The summed E-state index contributed by atoms with van der Waals surface area (Å²) < 4.78 is 17.0. The van der Waals surface area contributed by atoms with E-state index in [1.165, 1.54) is 6.08 Å². The predicted molar refractivity (Wildman–Crippen MR) is 120 cm³/mol. The Morgan fingerprint density at radius 3 is 2.68 bits per heavy atom. The first kappa shape index (κ1) is 21.9. The maximum Gasteiger partial charge on any atom is 0.328 e. The number of rotatable bonds is 8. The van der Waals surface area contributed by atoms with Gasteiger partial charge in [0.1, 0.15) is 23.8 Å². The van der Waals surface area contributed by atoms with Crippen LogP contribution in [0.25, 0.3) is 23.5 Å². The van der Waals surface area contributed by atoms with E-state index in [4.69, 9.17) is 19.1 Å². The van der Waals surface area contributed by atoms with Gasteiger partial charge in [0.2, 0.25) is 0 Å². The number of carbonyl (C=O) groups is 1. The van der Waals surface area contributed by atoms with Crippen LogP contribution in [-0.2, 0) is 11.4 Å². The monoisotopic (exact) mass is 419 g/mol. The second kappa shape index (κ2) is 9.80. The molecule has 1 aromatic heterocycles. The highest BCUT2D eigenvalue weighted by Crippen LogP contribution is 2.33. The van der Waals surface area contributed by atoms with Crippen LogP contribution in [0.4, 0.5) is 0 Å². The third kappa shape index (κ3) is 5.63. The summed E-state index contributed by atoms with van der Waals surface area (Å²) in [6.45, 7) is 6.24. The highest BCUT2D eigenvalue weighted by molar-refractivity contribution is 5.85. The molecule has 31 heavy (non-hydrogen) atoms. The van der Waals surface area contributed by atoms with E-state index in [2.05, 4.69) is 5.16 Å². The van der Waals surface area contributed by atoms with E-state index in [1.54, 1.807) is 19.2 Å². The van der Waals surface area contributed by atoms with Crippen LogP contribution in [0.2, 0.25) is 0 Å². The molecule has 0 saturated heterocycles. The molecule has 0 atom stereocenters. The van der Waals surface area contributed by atoms with Gasteiger partial charge in [-0.25, -0.2) is 4.79 Å². The Bertz CT molecular complexity index is 1140. The number of aromatic nitrogens is 1. The number of allylic oxidation sites excluding steroid dienone is 1. The largest absolute Gasteiger partial charge is 0.497 e. The Morgan fingerprint density at radius 2 is 1.97 bits per heavy atom. The quantitative estimate of drug-likeness (QED) is 0.468. The van der Waals surface area contributed by atoms with Gasteiger partial charge in [-0.3, -0.25) is 0 Å². The van der Waals surface area contributed by atoms with Crippen molar-refractivity contribution in [2.45, 2.75) is 27.4 Å². The van der Waals surface area contributed by atoms with Gasteiger partial charge in [-0.15, -0.1) is 0 Å². The van der Waals surface area contributed by atoms with Gasteiger partial charge < -0.3 is 19.1 Å². The number of carboxylic acids is 1. The smallest absolute Gasteiger partial charge is 0.328 e. The Balaban J connectivity index is 1.90. The lowest BCUT2D eigenvalue weighted by molar-refractivity contribution is -0.131. The van der Waals surface area contributed by atoms with Crippen molar-refractivity contribution < 1.29 is 23.9 Å². The predicted octanol–water partition coefficient (Wildman–Crippen LogP) is 5.76. The van der Waals surface area contributed by atoms with Crippen LogP contribution >= 0.6 is 0 Å². The molecular weight excluding hydrogens is 394 g/mol. The molecule has 0 unspecified atom stereocenters. The average Bonchev–Trinajstić information content (AvgIpc) is 3.13. The summed E-state index contributed by atoms with van der Waals surface area (Å²) in [5.41, 5.74) is 5.32. The lowest BCUT2D eigenvalue weighted by atomic mass is 10.0. The standard InChI is InChI=1S/C25H25NO5/c1-16(2)12-22-23(15-30-20-7-5-6-18(13-20)9-11-24(27)28)26-31-25(22)21-14-19(29-4)10-8-17(21)3/h5-14H,15H2,1-4H3,(H,27,28)/b11-9-.